The third-order valence-electron chi connectivity index (χ3n) is 3.60. The number of carbonyl (C=O) groups is 1. The molecule has 2 aromatic rings. The number of halogens is 1. The van der Waals surface area contributed by atoms with Crippen LogP contribution in [0.4, 0.5) is 5.69 Å². The van der Waals surface area contributed by atoms with Gasteiger partial charge >= 0.3 is 0 Å². The number of hydrogen-bond donors (Lipinski definition) is 0. The number of fused-ring (bicyclic) bond motifs is 1. The van der Waals surface area contributed by atoms with Gasteiger partial charge in [0.1, 0.15) is 0 Å². The molecule has 0 amide bonds. The number of benzene rings is 2. The van der Waals surface area contributed by atoms with Crippen LogP contribution in [0.3, 0.4) is 0 Å². The van der Waals surface area contributed by atoms with Crippen molar-refractivity contribution >= 4 is 33.5 Å². The molecule has 6 nitrogen and oxygen atoms in total. The van der Waals surface area contributed by atoms with Crippen LogP contribution in [0.1, 0.15) is 21.5 Å². The summed E-state index contributed by atoms with van der Waals surface area (Å²) in [4.78, 5) is 22.7. The van der Waals surface area contributed by atoms with E-state index in [4.69, 9.17) is 9.47 Å². The van der Waals surface area contributed by atoms with E-state index in [0.29, 0.717) is 17.1 Å². The molecule has 0 radical (unpaired) electrons. The molecular weight excluding hydrogens is 378 g/mol. The van der Waals surface area contributed by atoms with Crippen LogP contribution in [-0.2, 0) is 0 Å². The zero-order chi connectivity index (χ0) is 17.3. The molecule has 24 heavy (non-hydrogen) atoms. The number of allylic oxidation sites excluding steroid dienone is 1. The minimum atomic E-state index is -0.496. The summed E-state index contributed by atoms with van der Waals surface area (Å²) >= 11 is 3.41. The van der Waals surface area contributed by atoms with E-state index in [1.807, 2.05) is 0 Å². The van der Waals surface area contributed by atoms with Gasteiger partial charge in [-0.25, -0.2) is 0 Å². The standard InChI is InChI=1S/C17H12BrNO5/c1-10-2-3-12(6-14(10)19(21)22)15(20)5-4-11-7-16-17(8-13(11)18)24-9-23-16/h2-8H,9H2,1H3/b5-4+. The fraction of sp³-hybridized carbons (Fsp3) is 0.118. The number of hydrogen-bond acceptors (Lipinski definition) is 5. The molecule has 0 bridgehead atoms. The van der Waals surface area contributed by atoms with E-state index in [0.717, 1.165) is 10.0 Å². The number of aryl methyl sites for hydroxylation is 1. The summed E-state index contributed by atoms with van der Waals surface area (Å²) in [6.07, 6.45) is 3.00. The zero-order valence-electron chi connectivity index (χ0n) is 12.6. The highest BCUT2D eigenvalue weighted by molar-refractivity contribution is 9.10. The van der Waals surface area contributed by atoms with E-state index in [1.165, 1.54) is 12.1 Å². The molecule has 7 heteroatoms. The van der Waals surface area contributed by atoms with Crippen LogP contribution in [0.15, 0.2) is 40.9 Å². The topological polar surface area (TPSA) is 78.7 Å². The molecule has 0 spiro atoms. The van der Waals surface area contributed by atoms with Crippen LogP contribution in [0.25, 0.3) is 6.08 Å². The minimum absolute atomic E-state index is 0.0708. The van der Waals surface area contributed by atoms with Crippen LogP contribution >= 0.6 is 15.9 Å². The van der Waals surface area contributed by atoms with Gasteiger partial charge in [0.15, 0.2) is 17.3 Å². The number of rotatable bonds is 4. The van der Waals surface area contributed by atoms with Gasteiger partial charge < -0.3 is 9.47 Å². The summed E-state index contributed by atoms with van der Waals surface area (Å²) in [7, 11) is 0. The summed E-state index contributed by atoms with van der Waals surface area (Å²) in [5, 5.41) is 11.0. The lowest BCUT2D eigenvalue weighted by Crippen LogP contribution is -1.98. The molecule has 0 saturated carbocycles. The number of ether oxygens (including phenoxy) is 2. The van der Waals surface area contributed by atoms with Crippen molar-refractivity contribution in [1.29, 1.82) is 0 Å². The van der Waals surface area contributed by atoms with Gasteiger partial charge in [-0.05, 0) is 36.8 Å². The molecule has 0 aliphatic carbocycles. The summed E-state index contributed by atoms with van der Waals surface area (Å²) in [6, 6.07) is 7.95. The number of ketones is 1. The molecule has 3 rings (SSSR count). The molecular formula is C17H12BrNO5. The molecule has 0 fully saturated rings. The van der Waals surface area contributed by atoms with Crippen molar-refractivity contribution in [3.05, 3.63) is 67.7 Å². The summed E-state index contributed by atoms with van der Waals surface area (Å²) in [5.74, 6) is 0.929. The SMILES string of the molecule is Cc1ccc(C(=O)/C=C/c2cc3c(cc2Br)OCO3)cc1[N+](=O)[O-]. The fourth-order valence-corrected chi connectivity index (χ4v) is 2.74. The van der Waals surface area contributed by atoms with Gasteiger partial charge in [0, 0.05) is 21.7 Å². The molecule has 0 unspecified atom stereocenters. The highest BCUT2D eigenvalue weighted by Gasteiger charge is 2.16. The van der Waals surface area contributed by atoms with Crippen molar-refractivity contribution in [3.63, 3.8) is 0 Å². The van der Waals surface area contributed by atoms with Crippen molar-refractivity contribution in [1.82, 2.24) is 0 Å². The second kappa shape index (κ2) is 6.45. The van der Waals surface area contributed by atoms with E-state index in [1.54, 1.807) is 37.3 Å². The maximum absolute atomic E-state index is 12.3. The lowest BCUT2D eigenvalue weighted by atomic mass is 10.1. The number of nitro groups is 1. The second-order valence-electron chi connectivity index (χ2n) is 5.18. The Morgan fingerprint density at radius 2 is 1.96 bits per heavy atom. The smallest absolute Gasteiger partial charge is 0.273 e. The Bertz CT molecular complexity index is 876. The summed E-state index contributed by atoms with van der Waals surface area (Å²) in [5.41, 5.74) is 1.45. The Balaban J connectivity index is 1.86. The number of carbonyl (C=O) groups excluding carboxylic acids is 1. The first-order chi connectivity index (χ1) is 11.5. The Labute approximate surface area is 146 Å². The van der Waals surface area contributed by atoms with E-state index in [2.05, 4.69) is 15.9 Å². The van der Waals surface area contributed by atoms with E-state index in [-0.39, 0.29) is 23.8 Å². The van der Waals surface area contributed by atoms with Crippen LogP contribution in [0.5, 0.6) is 11.5 Å². The molecule has 122 valence electrons. The number of nitrogens with zero attached hydrogens (tertiary/aromatic N) is 1. The third kappa shape index (κ3) is 3.16. The summed E-state index contributed by atoms with van der Waals surface area (Å²) < 4.78 is 11.3. The van der Waals surface area contributed by atoms with Crippen LogP contribution in [-0.4, -0.2) is 17.5 Å². The molecule has 0 saturated heterocycles. The Hall–Kier alpha value is -2.67. The quantitative estimate of drug-likeness (QED) is 0.337. The van der Waals surface area contributed by atoms with Gasteiger partial charge in [0.25, 0.3) is 5.69 Å². The van der Waals surface area contributed by atoms with Gasteiger partial charge in [-0.3, -0.25) is 14.9 Å². The molecule has 1 heterocycles. The first-order valence-corrected chi connectivity index (χ1v) is 7.81. The predicted octanol–water partition coefficient (Wildman–Crippen LogP) is 4.29. The average Bonchev–Trinajstić information content (AvgIpc) is 2.99. The van der Waals surface area contributed by atoms with E-state index < -0.39 is 4.92 Å². The first-order valence-electron chi connectivity index (χ1n) is 7.02. The van der Waals surface area contributed by atoms with E-state index in [9.17, 15) is 14.9 Å². The average molecular weight is 390 g/mol. The van der Waals surface area contributed by atoms with Crippen molar-refractivity contribution in [2.75, 3.05) is 6.79 Å². The van der Waals surface area contributed by atoms with Crippen LogP contribution in [0, 0.1) is 17.0 Å². The van der Waals surface area contributed by atoms with Crippen molar-refractivity contribution in [2.45, 2.75) is 6.92 Å². The Morgan fingerprint density at radius 1 is 1.25 bits per heavy atom. The van der Waals surface area contributed by atoms with Gasteiger partial charge in [0.2, 0.25) is 6.79 Å². The van der Waals surface area contributed by atoms with Crippen molar-refractivity contribution in [2.24, 2.45) is 0 Å². The monoisotopic (exact) mass is 389 g/mol. The molecule has 1 aliphatic heterocycles. The first kappa shape index (κ1) is 16.2. The van der Waals surface area contributed by atoms with Gasteiger partial charge in [-0.1, -0.05) is 28.1 Å². The second-order valence-corrected chi connectivity index (χ2v) is 6.04. The van der Waals surface area contributed by atoms with Crippen molar-refractivity contribution in [3.8, 4) is 11.5 Å². The highest BCUT2D eigenvalue weighted by atomic mass is 79.9. The third-order valence-corrected chi connectivity index (χ3v) is 4.28. The van der Waals surface area contributed by atoms with Gasteiger partial charge in [-0.2, -0.15) is 0 Å². The van der Waals surface area contributed by atoms with E-state index >= 15 is 0 Å². The number of nitro benzene ring substituents is 1. The largest absolute Gasteiger partial charge is 0.454 e. The molecule has 0 aromatic heterocycles. The van der Waals surface area contributed by atoms with Crippen LogP contribution < -0.4 is 9.47 Å². The predicted molar refractivity (Wildman–Crippen MR) is 91.5 cm³/mol. The zero-order valence-corrected chi connectivity index (χ0v) is 14.2. The molecule has 0 N–H and O–H groups in total. The van der Waals surface area contributed by atoms with Crippen molar-refractivity contribution < 1.29 is 19.2 Å². The Morgan fingerprint density at radius 3 is 2.67 bits per heavy atom. The maximum atomic E-state index is 12.3. The molecule has 0 atom stereocenters. The lowest BCUT2D eigenvalue weighted by molar-refractivity contribution is -0.385. The maximum Gasteiger partial charge on any atom is 0.273 e. The van der Waals surface area contributed by atoms with Crippen LogP contribution in [0.2, 0.25) is 0 Å². The molecule has 1 aliphatic rings. The Kier molecular flexibility index (Phi) is 4.35. The molecule has 2 aromatic carbocycles. The fourth-order valence-electron chi connectivity index (χ4n) is 2.28. The van der Waals surface area contributed by atoms with Gasteiger partial charge in [0.05, 0.1) is 4.92 Å². The lowest BCUT2D eigenvalue weighted by Gasteiger charge is -2.02. The summed E-state index contributed by atoms with van der Waals surface area (Å²) in [6.45, 7) is 1.80. The minimum Gasteiger partial charge on any atom is -0.454 e. The normalized spacial score (nSPS) is 12.6. The highest BCUT2D eigenvalue weighted by Crippen LogP contribution is 2.37. The van der Waals surface area contributed by atoms with Gasteiger partial charge in [-0.15, -0.1) is 0 Å².